The molecule has 1 N–H and O–H groups in total. The highest BCUT2D eigenvalue weighted by molar-refractivity contribution is 5.92. The van der Waals surface area contributed by atoms with Gasteiger partial charge in [-0.3, -0.25) is 9.78 Å². The number of nitrogens with zero attached hydrogens (tertiary/aromatic N) is 2. The number of nitrogens with one attached hydrogen (secondary N) is 1. The predicted octanol–water partition coefficient (Wildman–Crippen LogP) is 3.92. The van der Waals surface area contributed by atoms with Gasteiger partial charge in [0.25, 0.3) is 0 Å². The average Bonchev–Trinajstić information content (AvgIpc) is 3.55. The summed E-state index contributed by atoms with van der Waals surface area (Å²) in [7, 11) is 1.65. The normalized spacial score (nSPS) is 15.0. The van der Waals surface area contributed by atoms with Crippen LogP contribution < -0.4 is 10.1 Å². The van der Waals surface area contributed by atoms with E-state index in [-0.39, 0.29) is 11.9 Å². The standard InChI is InChI=1S/C22H21N3O2/c1-27-18-11-8-16(9-12-18)22(15-6-7-15)25-21(26)13-10-17-14-23-19-4-2-3-5-20(19)24-17/h2-5,8-15,22H,6-7H2,1H3,(H,25,26)/b13-10+. The second-order valence-electron chi connectivity index (χ2n) is 6.71. The Bertz CT molecular complexity index is 978. The van der Waals surface area contributed by atoms with Crippen LogP contribution in [-0.2, 0) is 4.79 Å². The van der Waals surface area contributed by atoms with Gasteiger partial charge in [0.2, 0.25) is 5.91 Å². The predicted molar refractivity (Wildman–Crippen MR) is 105 cm³/mol. The van der Waals surface area contributed by atoms with E-state index in [9.17, 15) is 4.79 Å². The fourth-order valence-corrected chi connectivity index (χ4v) is 3.13. The Labute approximate surface area is 158 Å². The van der Waals surface area contributed by atoms with Crippen LogP contribution in [0.2, 0.25) is 0 Å². The summed E-state index contributed by atoms with van der Waals surface area (Å²) < 4.78 is 5.21. The van der Waals surface area contributed by atoms with E-state index in [0.717, 1.165) is 35.2 Å². The minimum Gasteiger partial charge on any atom is -0.497 e. The molecule has 3 aromatic rings. The Morgan fingerprint density at radius 3 is 2.59 bits per heavy atom. The van der Waals surface area contributed by atoms with Crippen molar-refractivity contribution in [3.05, 3.63) is 72.1 Å². The number of ether oxygens (including phenoxy) is 1. The highest BCUT2D eigenvalue weighted by Crippen LogP contribution is 2.41. The van der Waals surface area contributed by atoms with E-state index in [1.165, 1.54) is 6.08 Å². The summed E-state index contributed by atoms with van der Waals surface area (Å²) in [5.41, 5.74) is 3.42. The summed E-state index contributed by atoms with van der Waals surface area (Å²) in [5, 5.41) is 3.13. The number of methoxy groups -OCH3 is 1. The van der Waals surface area contributed by atoms with Crippen LogP contribution >= 0.6 is 0 Å². The maximum absolute atomic E-state index is 12.4. The summed E-state index contributed by atoms with van der Waals surface area (Å²) in [6.07, 6.45) is 7.17. The quantitative estimate of drug-likeness (QED) is 0.678. The third-order valence-electron chi connectivity index (χ3n) is 4.74. The van der Waals surface area contributed by atoms with E-state index in [1.807, 2.05) is 48.5 Å². The van der Waals surface area contributed by atoms with Gasteiger partial charge in [0, 0.05) is 6.08 Å². The van der Waals surface area contributed by atoms with Gasteiger partial charge in [0.15, 0.2) is 0 Å². The van der Waals surface area contributed by atoms with Crippen LogP contribution in [0.25, 0.3) is 17.1 Å². The van der Waals surface area contributed by atoms with Gasteiger partial charge in [0.05, 0.1) is 36.1 Å². The maximum Gasteiger partial charge on any atom is 0.244 e. The maximum atomic E-state index is 12.4. The first-order valence-electron chi connectivity index (χ1n) is 9.07. The van der Waals surface area contributed by atoms with Gasteiger partial charge in [-0.2, -0.15) is 0 Å². The molecule has 1 atom stereocenters. The van der Waals surface area contributed by atoms with Gasteiger partial charge in [-0.1, -0.05) is 24.3 Å². The number of carbonyl (C=O) groups is 1. The Balaban J connectivity index is 1.46. The smallest absolute Gasteiger partial charge is 0.244 e. The number of hydrogen-bond donors (Lipinski definition) is 1. The Morgan fingerprint density at radius 1 is 1.15 bits per heavy atom. The first-order valence-corrected chi connectivity index (χ1v) is 9.07. The molecule has 0 saturated heterocycles. The topological polar surface area (TPSA) is 64.1 Å². The summed E-state index contributed by atoms with van der Waals surface area (Å²) >= 11 is 0. The Hall–Kier alpha value is -3.21. The molecule has 27 heavy (non-hydrogen) atoms. The van der Waals surface area contributed by atoms with E-state index in [1.54, 1.807) is 19.4 Å². The molecule has 1 aromatic heterocycles. The van der Waals surface area contributed by atoms with Crippen molar-refractivity contribution in [2.75, 3.05) is 7.11 Å². The van der Waals surface area contributed by atoms with Crippen molar-refractivity contribution in [3.63, 3.8) is 0 Å². The number of carbonyl (C=O) groups excluding carboxylic acids is 1. The van der Waals surface area contributed by atoms with Crippen molar-refractivity contribution in [1.82, 2.24) is 15.3 Å². The van der Waals surface area contributed by atoms with Crippen molar-refractivity contribution in [3.8, 4) is 5.75 Å². The SMILES string of the molecule is COc1ccc(C(NC(=O)/C=C/c2cnc3ccccc3n2)C2CC2)cc1. The molecule has 5 heteroatoms. The number of benzene rings is 2. The highest BCUT2D eigenvalue weighted by Gasteiger charge is 2.33. The number of fused-ring (bicyclic) bond motifs is 1. The van der Waals surface area contributed by atoms with E-state index in [0.29, 0.717) is 11.6 Å². The second-order valence-corrected chi connectivity index (χ2v) is 6.71. The van der Waals surface area contributed by atoms with Gasteiger partial charge in [-0.05, 0) is 54.7 Å². The minimum atomic E-state index is -0.127. The number of amides is 1. The first-order chi connectivity index (χ1) is 13.2. The molecule has 1 aliphatic rings. The zero-order valence-electron chi connectivity index (χ0n) is 15.1. The molecule has 0 bridgehead atoms. The van der Waals surface area contributed by atoms with Crippen LogP contribution in [0, 0.1) is 5.92 Å². The van der Waals surface area contributed by atoms with Crippen molar-refractivity contribution < 1.29 is 9.53 Å². The molecule has 0 aliphatic heterocycles. The van der Waals surface area contributed by atoms with Gasteiger partial charge < -0.3 is 10.1 Å². The lowest BCUT2D eigenvalue weighted by atomic mass is 10.0. The van der Waals surface area contributed by atoms with Crippen molar-refractivity contribution in [1.29, 1.82) is 0 Å². The third kappa shape index (κ3) is 4.14. The molecule has 136 valence electrons. The molecule has 1 aliphatic carbocycles. The molecule has 4 rings (SSSR count). The van der Waals surface area contributed by atoms with Crippen LogP contribution in [0.5, 0.6) is 5.75 Å². The van der Waals surface area contributed by atoms with Crippen LogP contribution in [0.3, 0.4) is 0 Å². The largest absolute Gasteiger partial charge is 0.497 e. The molecule has 1 heterocycles. The van der Waals surface area contributed by atoms with Crippen LogP contribution in [0.4, 0.5) is 0 Å². The van der Waals surface area contributed by atoms with Gasteiger partial charge in [-0.25, -0.2) is 4.98 Å². The molecule has 0 spiro atoms. The zero-order valence-corrected chi connectivity index (χ0v) is 15.1. The fourth-order valence-electron chi connectivity index (χ4n) is 3.13. The molecule has 1 amide bonds. The van der Waals surface area contributed by atoms with Crippen molar-refractivity contribution in [2.45, 2.75) is 18.9 Å². The molecule has 1 fully saturated rings. The molecule has 2 aromatic carbocycles. The number of aromatic nitrogens is 2. The van der Waals surface area contributed by atoms with Gasteiger partial charge >= 0.3 is 0 Å². The lowest BCUT2D eigenvalue weighted by Gasteiger charge is -2.18. The fraction of sp³-hybridized carbons (Fsp3) is 0.227. The second kappa shape index (κ2) is 7.58. The zero-order chi connectivity index (χ0) is 18.6. The van der Waals surface area contributed by atoms with Crippen LogP contribution in [-0.4, -0.2) is 23.0 Å². The molecule has 5 nitrogen and oxygen atoms in total. The molecule has 1 unspecified atom stereocenters. The third-order valence-corrected chi connectivity index (χ3v) is 4.74. The van der Waals surface area contributed by atoms with E-state index < -0.39 is 0 Å². The van der Waals surface area contributed by atoms with Gasteiger partial charge in [-0.15, -0.1) is 0 Å². The van der Waals surface area contributed by atoms with Crippen LogP contribution in [0.1, 0.15) is 30.1 Å². The number of rotatable bonds is 6. The van der Waals surface area contributed by atoms with Gasteiger partial charge in [0.1, 0.15) is 5.75 Å². The van der Waals surface area contributed by atoms with Crippen LogP contribution in [0.15, 0.2) is 60.8 Å². The number of hydrogen-bond acceptors (Lipinski definition) is 4. The average molecular weight is 359 g/mol. The summed E-state index contributed by atoms with van der Waals surface area (Å²) in [5.74, 6) is 1.18. The molecular weight excluding hydrogens is 338 g/mol. The Kier molecular flexibility index (Phi) is 4.83. The first kappa shape index (κ1) is 17.2. The lowest BCUT2D eigenvalue weighted by Crippen LogP contribution is -2.28. The highest BCUT2D eigenvalue weighted by atomic mass is 16.5. The molecular formula is C22H21N3O2. The summed E-state index contributed by atoms with van der Waals surface area (Å²) in [6, 6.07) is 15.6. The summed E-state index contributed by atoms with van der Waals surface area (Å²) in [4.78, 5) is 21.3. The van der Waals surface area contributed by atoms with Crippen molar-refractivity contribution >= 4 is 23.0 Å². The lowest BCUT2D eigenvalue weighted by molar-refractivity contribution is -0.117. The minimum absolute atomic E-state index is 0.0238. The Morgan fingerprint density at radius 2 is 1.89 bits per heavy atom. The van der Waals surface area contributed by atoms with Crippen molar-refractivity contribution in [2.24, 2.45) is 5.92 Å². The number of para-hydroxylation sites is 2. The monoisotopic (exact) mass is 359 g/mol. The molecule has 1 saturated carbocycles. The van der Waals surface area contributed by atoms with E-state index in [2.05, 4.69) is 15.3 Å². The summed E-state index contributed by atoms with van der Waals surface area (Å²) in [6.45, 7) is 0. The molecule has 0 radical (unpaired) electrons. The van der Waals surface area contributed by atoms with E-state index in [4.69, 9.17) is 4.74 Å². The van der Waals surface area contributed by atoms with E-state index >= 15 is 0 Å².